The lowest BCUT2D eigenvalue weighted by molar-refractivity contribution is 0.249. The first-order valence-electron chi connectivity index (χ1n) is 10.2. The minimum absolute atomic E-state index is 0.111. The number of nitrogens with zero attached hydrogens (tertiary/aromatic N) is 1. The molecule has 2 N–H and O–H groups in total. The first-order valence-corrected chi connectivity index (χ1v) is 11.0. The summed E-state index contributed by atoms with van der Waals surface area (Å²) in [6, 6.07) is 9.03. The lowest BCUT2D eigenvalue weighted by atomic mass is 9.93. The van der Waals surface area contributed by atoms with Crippen molar-refractivity contribution in [2.24, 2.45) is 0 Å². The molecule has 0 saturated carbocycles. The Hall–Kier alpha value is -2.93. The number of ether oxygens (including phenoxy) is 2. The molecule has 0 aliphatic heterocycles. The van der Waals surface area contributed by atoms with Crippen molar-refractivity contribution in [3.63, 3.8) is 0 Å². The van der Waals surface area contributed by atoms with Crippen LogP contribution in [0.25, 0.3) is 5.00 Å². The number of aromatic nitrogens is 1. The van der Waals surface area contributed by atoms with Gasteiger partial charge in [0.05, 0.1) is 20.3 Å². The number of amides is 2. The Bertz CT molecular complexity index is 1030. The van der Waals surface area contributed by atoms with E-state index >= 15 is 0 Å². The maximum absolute atomic E-state index is 12.7. The molecule has 0 saturated heterocycles. The highest BCUT2D eigenvalue weighted by molar-refractivity contribution is 7.15. The van der Waals surface area contributed by atoms with Crippen molar-refractivity contribution < 1.29 is 14.3 Å². The normalized spacial score (nSPS) is 14.0. The smallest absolute Gasteiger partial charge is 0.319 e. The van der Waals surface area contributed by atoms with Gasteiger partial charge in [0.15, 0.2) is 11.5 Å². The van der Waals surface area contributed by atoms with Crippen LogP contribution in [0.4, 0.5) is 10.5 Å². The van der Waals surface area contributed by atoms with Crippen LogP contribution in [0.1, 0.15) is 41.8 Å². The molecule has 4 rings (SSSR count). The van der Waals surface area contributed by atoms with E-state index in [1.54, 1.807) is 32.4 Å². The first-order chi connectivity index (χ1) is 14.6. The summed E-state index contributed by atoms with van der Waals surface area (Å²) in [5, 5.41) is 7.23. The minimum Gasteiger partial charge on any atom is -0.493 e. The summed E-state index contributed by atoms with van der Waals surface area (Å²) in [4.78, 5) is 14.2. The average molecular weight is 426 g/mol. The molecular weight excluding hydrogens is 398 g/mol. The van der Waals surface area contributed by atoms with Crippen LogP contribution in [0.2, 0.25) is 0 Å². The van der Waals surface area contributed by atoms with Crippen molar-refractivity contribution in [1.29, 1.82) is 0 Å². The topological polar surface area (TPSA) is 64.5 Å². The van der Waals surface area contributed by atoms with Crippen molar-refractivity contribution in [2.75, 3.05) is 19.5 Å². The van der Waals surface area contributed by atoms with Crippen molar-refractivity contribution in [3.8, 4) is 16.5 Å². The number of nitrogens with one attached hydrogen (secondary N) is 2. The molecule has 6 nitrogen and oxygen atoms in total. The quantitative estimate of drug-likeness (QED) is 0.562. The molecule has 0 radical (unpaired) electrons. The largest absolute Gasteiger partial charge is 0.493 e. The summed E-state index contributed by atoms with van der Waals surface area (Å²) in [6.45, 7) is 2.05. The van der Waals surface area contributed by atoms with E-state index < -0.39 is 0 Å². The van der Waals surface area contributed by atoms with Crippen LogP contribution in [0, 0.1) is 0 Å². The molecule has 2 amide bonds. The molecule has 30 heavy (non-hydrogen) atoms. The number of hydrogen-bond acceptors (Lipinski definition) is 4. The standard InChI is InChI=1S/C23H27N3O3S/c1-15(24-23(27)25-16-10-11-18(28-2)19(14-16)29-3)21-17-8-4-5-9-20(17)30-22(21)26-12-6-7-13-26/h6-7,10-15H,4-5,8-9H2,1-3H3,(H2,24,25,27)/t15-/m0/s1. The van der Waals surface area contributed by atoms with E-state index in [1.807, 2.05) is 23.5 Å². The van der Waals surface area contributed by atoms with Crippen LogP contribution in [0.3, 0.4) is 0 Å². The van der Waals surface area contributed by atoms with E-state index in [-0.39, 0.29) is 12.1 Å². The number of rotatable bonds is 6. The molecule has 1 atom stereocenters. The van der Waals surface area contributed by atoms with E-state index in [2.05, 4.69) is 34.5 Å². The fraction of sp³-hybridized carbons (Fsp3) is 0.348. The van der Waals surface area contributed by atoms with Crippen molar-refractivity contribution in [1.82, 2.24) is 9.88 Å². The van der Waals surface area contributed by atoms with Crippen molar-refractivity contribution in [3.05, 3.63) is 58.7 Å². The third-order valence-electron chi connectivity index (χ3n) is 5.45. The summed E-state index contributed by atoms with van der Waals surface area (Å²) in [6.07, 6.45) is 8.77. The molecule has 0 bridgehead atoms. The Morgan fingerprint density at radius 2 is 1.83 bits per heavy atom. The molecule has 0 unspecified atom stereocenters. The van der Waals surface area contributed by atoms with Crippen molar-refractivity contribution in [2.45, 2.75) is 38.6 Å². The Labute approximate surface area is 180 Å². The number of carbonyl (C=O) groups is 1. The van der Waals surface area contributed by atoms with Gasteiger partial charge in [0.2, 0.25) is 0 Å². The van der Waals surface area contributed by atoms with E-state index in [1.165, 1.54) is 33.8 Å². The molecule has 2 heterocycles. The summed E-state index contributed by atoms with van der Waals surface area (Å²) in [7, 11) is 3.16. The highest BCUT2D eigenvalue weighted by Gasteiger charge is 2.26. The number of hydrogen-bond donors (Lipinski definition) is 2. The summed E-state index contributed by atoms with van der Waals surface area (Å²) in [5.41, 5.74) is 3.29. The zero-order chi connectivity index (χ0) is 21.1. The molecule has 0 fully saturated rings. The van der Waals surface area contributed by atoms with Gasteiger partial charge in [0.25, 0.3) is 0 Å². The number of thiophene rings is 1. The SMILES string of the molecule is COc1ccc(NC(=O)N[C@@H](C)c2c(-n3cccc3)sc3c2CCCC3)cc1OC. The molecule has 7 heteroatoms. The minimum atomic E-state index is -0.246. The number of carbonyl (C=O) groups excluding carboxylic acids is 1. The third kappa shape index (κ3) is 4.03. The number of aryl methyl sites for hydroxylation is 1. The Morgan fingerprint density at radius 3 is 2.57 bits per heavy atom. The van der Waals surface area contributed by atoms with Crippen molar-refractivity contribution >= 4 is 23.1 Å². The third-order valence-corrected chi connectivity index (χ3v) is 6.77. The molecule has 158 valence electrons. The fourth-order valence-electron chi connectivity index (χ4n) is 4.03. The zero-order valence-corrected chi connectivity index (χ0v) is 18.3. The molecule has 3 aromatic rings. The van der Waals surface area contributed by atoms with Gasteiger partial charge in [-0.05, 0) is 62.4 Å². The predicted molar refractivity (Wildman–Crippen MR) is 120 cm³/mol. The molecule has 1 aliphatic rings. The Kier molecular flexibility index (Phi) is 5.99. The lowest BCUT2D eigenvalue weighted by Crippen LogP contribution is -2.32. The van der Waals surface area contributed by atoms with Crippen LogP contribution < -0.4 is 20.1 Å². The van der Waals surface area contributed by atoms with Gasteiger partial charge in [0.1, 0.15) is 5.00 Å². The fourth-order valence-corrected chi connectivity index (χ4v) is 5.49. The highest BCUT2D eigenvalue weighted by Crippen LogP contribution is 2.40. The first kappa shape index (κ1) is 20.3. The van der Waals surface area contributed by atoms with E-state index in [0.717, 1.165) is 12.8 Å². The molecule has 2 aromatic heterocycles. The average Bonchev–Trinajstić information content (AvgIpc) is 3.41. The van der Waals surface area contributed by atoms with Gasteiger partial charge in [0, 0.05) is 34.6 Å². The van der Waals surface area contributed by atoms with Gasteiger partial charge in [-0.3, -0.25) is 0 Å². The second kappa shape index (κ2) is 8.83. The van der Waals surface area contributed by atoms with Gasteiger partial charge in [-0.1, -0.05) is 0 Å². The predicted octanol–water partition coefficient (Wildman–Crippen LogP) is 5.32. The Morgan fingerprint density at radius 1 is 1.10 bits per heavy atom. The number of urea groups is 1. The zero-order valence-electron chi connectivity index (χ0n) is 17.5. The number of benzene rings is 1. The van der Waals surface area contributed by atoms with E-state index in [0.29, 0.717) is 17.2 Å². The number of anilines is 1. The van der Waals surface area contributed by atoms with E-state index in [4.69, 9.17) is 9.47 Å². The van der Waals surface area contributed by atoms with E-state index in [9.17, 15) is 4.79 Å². The van der Waals surface area contributed by atoms with Crippen LogP contribution in [0.5, 0.6) is 11.5 Å². The second-order valence-corrected chi connectivity index (χ2v) is 8.49. The summed E-state index contributed by atoms with van der Waals surface area (Å²) < 4.78 is 12.7. The lowest BCUT2D eigenvalue weighted by Gasteiger charge is -2.20. The van der Waals surface area contributed by atoms with Gasteiger partial charge >= 0.3 is 6.03 Å². The molecule has 0 spiro atoms. The number of methoxy groups -OCH3 is 2. The summed E-state index contributed by atoms with van der Waals surface area (Å²) in [5.74, 6) is 1.20. The van der Waals surface area contributed by atoms with Crippen LogP contribution in [-0.4, -0.2) is 24.8 Å². The summed E-state index contributed by atoms with van der Waals surface area (Å²) >= 11 is 1.85. The Balaban J connectivity index is 1.55. The maximum Gasteiger partial charge on any atom is 0.319 e. The van der Waals surface area contributed by atoms with Gasteiger partial charge in [-0.2, -0.15) is 0 Å². The molecular formula is C23H27N3O3S. The molecule has 1 aromatic carbocycles. The molecule has 1 aliphatic carbocycles. The highest BCUT2D eigenvalue weighted by atomic mass is 32.1. The maximum atomic E-state index is 12.7. The van der Waals surface area contributed by atoms with Gasteiger partial charge < -0.3 is 24.7 Å². The van der Waals surface area contributed by atoms with Crippen LogP contribution >= 0.6 is 11.3 Å². The van der Waals surface area contributed by atoms with Gasteiger partial charge in [-0.15, -0.1) is 11.3 Å². The second-order valence-electron chi connectivity index (χ2n) is 7.41. The number of fused-ring (bicyclic) bond motifs is 1. The van der Waals surface area contributed by atoms with Gasteiger partial charge in [-0.25, -0.2) is 4.79 Å². The van der Waals surface area contributed by atoms with Crippen LogP contribution in [-0.2, 0) is 12.8 Å². The van der Waals surface area contributed by atoms with Crippen LogP contribution in [0.15, 0.2) is 42.7 Å². The monoisotopic (exact) mass is 425 g/mol.